The van der Waals surface area contributed by atoms with Crippen molar-refractivity contribution in [3.05, 3.63) is 0 Å². The van der Waals surface area contributed by atoms with Crippen molar-refractivity contribution in [2.75, 3.05) is 20.3 Å². The number of rotatable bonds is 9. The molecule has 0 rings (SSSR count). The normalized spacial score (nSPS) is 16.3. The van der Waals surface area contributed by atoms with Gasteiger partial charge in [-0.3, -0.25) is 4.79 Å². The van der Waals surface area contributed by atoms with Gasteiger partial charge in [0.15, 0.2) is 0 Å². The lowest BCUT2D eigenvalue weighted by Crippen LogP contribution is -2.48. The Hall–Kier alpha value is -0.610. The summed E-state index contributed by atoms with van der Waals surface area (Å²) in [6.07, 6.45) is 2.87. The Bertz CT molecular complexity index is 221. The fourth-order valence-electron chi connectivity index (χ4n) is 1.45. The van der Waals surface area contributed by atoms with E-state index in [1.54, 1.807) is 7.05 Å². The van der Waals surface area contributed by atoms with E-state index in [1.165, 1.54) is 0 Å². The van der Waals surface area contributed by atoms with E-state index in [4.69, 9.17) is 9.47 Å². The maximum atomic E-state index is 11.8. The van der Waals surface area contributed by atoms with E-state index in [2.05, 4.69) is 19.2 Å². The number of ether oxygens (including phenoxy) is 2. The maximum absolute atomic E-state index is 11.8. The lowest BCUT2D eigenvalue weighted by atomic mass is 9.96. The van der Waals surface area contributed by atoms with Crippen LogP contribution in [0.5, 0.6) is 0 Å². The average molecular weight is 245 g/mol. The molecule has 0 aromatic heterocycles. The third-order valence-corrected chi connectivity index (χ3v) is 3.08. The number of nitrogens with one attached hydrogen (secondary N) is 1. The molecule has 4 heteroatoms. The zero-order chi connectivity index (χ0) is 13.3. The highest BCUT2D eigenvalue weighted by Crippen LogP contribution is 2.14. The van der Waals surface area contributed by atoms with Crippen LogP contribution in [-0.2, 0) is 14.3 Å². The van der Waals surface area contributed by atoms with Gasteiger partial charge in [0.1, 0.15) is 5.54 Å². The summed E-state index contributed by atoms with van der Waals surface area (Å²) in [5.74, 6) is -0.189. The quantitative estimate of drug-likeness (QED) is 0.499. The fraction of sp³-hybridized carbons (Fsp3) is 0.923. The maximum Gasteiger partial charge on any atom is 0.326 e. The van der Waals surface area contributed by atoms with Gasteiger partial charge in [-0.2, -0.15) is 0 Å². The number of esters is 1. The predicted octanol–water partition coefficient (Wildman–Crippen LogP) is 2.12. The molecule has 0 spiro atoms. The van der Waals surface area contributed by atoms with Gasteiger partial charge in [-0.15, -0.1) is 0 Å². The summed E-state index contributed by atoms with van der Waals surface area (Å²) in [6.45, 7) is 8.95. The number of likely N-dealkylation sites (N-methyl/N-ethyl adjacent to an activating group) is 1. The second-order valence-corrected chi connectivity index (χ2v) is 4.50. The molecule has 0 saturated carbocycles. The molecular formula is C13H27NO3. The van der Waals surface area contributed by atoms with E-state index >= 15 is 0 Å². The topological polar surface area (TPSA) is 47.6 Å². The monoisotopic (exact) mass is 245 g/mol. The SMILES string of the molecule is CCOC(=O)C(C)(CCCOC(C)CC)NC. The van der Waals surface area contributed by atoms with E-state index in [0.717, 1.165) is 19.3 Å². The largest absolute Gasteiger partial charge is 0.465 e. The minimum Gasteiger partial charge on any atom is -0.465 e. The smallest absolute Gasteiger partial charge is 0.326 e. The van der Waals surface area contributed by atoms with E-state index in [0.29, 0.717) is 19.3 Å². The van der Waals surface area contributed by atoms with Gasteiger partial charge < -0.3 is 14.8 Å². The number of carbonyl (C=O) groups is 1. The fourth-order valence-corrected chi connectivity index (χ4v) is 1.45. The lowest BCUT2D eigenvalue weighted by molar-refractivity contribution is -0.150. The molecule has 0 radical (unpaired) electrons. The standard InChI is InChI=1S/C13H27NO3/c1-6-11(3)17-10-8-9-13(4,14-5)12(15)16-7-2/h11,14H,6-10H2,1-5H3. The van der Waals surface area contributed by atoms with Crippen molar-refractivity contribution in [3.63, 3.8) is 0 Å². The van der Waals surface area contributed by atoms with Crippen LogP contribution in [0.15, 0.2) is 0 Å². The van der Waals surface area contributed by atoms with Gasteiger partial charge in [-0.25, -0.2) is 0 Å². The summed E-state index contributed by atoms with van der Waals surface area (Å²) in [5, 5.41) is 3.04. The van der Waals surface area contributed by atoms with Gasteiger partial charge in [-0.1, -0.05) is 6.92 Å². The van der Waals surface area contributed by atoms with Crippen LogP contribution < -0.4 is 5.32 Å². The summed E-state index contributed by atoms with van der Waals surface area (Å²) in [6, 6.07) is 0. The Labute approximate surface area is 105 Å². The van der Waals surface area contributed by atoms with Crippen LogP contribution in [0.25, 0.3) is 0 Å². The molecule has 0 bridgehead atoms. The van der Waals surface area contributed by atoms with Crippen molar-refractivity contribution in [1.29, 1.82) is 0 Å². The van der Waals surface area contributed by atoms with Gasteiger partial charge in [0, 0.05) is 6.61 Å². The molecule has 0 amide bonds. The molecule has 0 aliphatic heterocycles. The average Bonchev–Trinajstić information content (AvgIpc) is 2.34. The highest BCUT2D eigenvalue weighted by Gasteiger charge is 2.32. The van der Waals surface area contributed by atoms with Crippen LogP contribution in [0.3, 0.4) is 0 Å². The van der Waals surface area contributed by atoms with Crippen molar-refractivity contribution >= 4 is 5.97 Å². The van der Waals surface area contributed by atoms with Gasteiger partial charge >= 0.3 is 5.97 Å². The minimum atomic E-state index is -0.602. The predicted molar refractivity (Wildman–Crippen MR) is 69.0 cm³/mol. The van der Waals surface area contributed by atoms with Gasteiger partial charge in [-0.05, 0) is 47.1 Å². The van der Waals surface area contributed by atoms with E-state index in [-0.39, 0.29) is 5.97 Å². The van der Waals surface area contributed by atoms with Crippen molar-refractivity contribution in [2.24, 2.45) is 0 Å². The van der Waals surface area contributed by atoms with Crippen LogP contribution in [0, 0.1) is 0 Å². The first-order chi connectivity index (χ1) is 8.00. The summed E-state index contributed by atoms with van der Waals surface area (Å²) in [7, 11) is 1.78. The first kappa shape index (κ1) is 16.4. The van der Waals surface area contributed by atoms with E-state index in [1.807, 2.05) is 13.8 Å². The summed E-state index contributed by atoms with van der Waals surface area (Å²) < 4.78 is 10.6. The second-order valence-electron chi connectivity index (χ2n) is 4.50. The van der Waals surface area contributed by atoms with Crippen molar-refractivity contribution < 1.29 is 14.3 Å². The van der Waals surface area contributed by atoms with Gasteiger partial charge in [0.05, 0.1) is 12.7 Å². The Morgan fingerprint density at radius 1 is 1.41 bits per heavy atom. The molecule has 2 unspecified atom stereocenters. The first-order valence-electron chi connectivity index (χ1n) is 6.47. The first-order valence-corrected chi connectivity index (χ1v) is 6.47. The number of carbonyl (C=O) groups excluding carboxylic acids is 1. The third kappa shape index (κ3) is 6.03. The van der Waals surface area contributed by atoms with Crippen molar-refractivity contribution in [1.82, 2.24) is 5.32 Å². The molecular weight excluding hydrogens is 218 g/mol. The van der Waals surface area contributed by atoms with Crippen LogP contribution in [0.4, 0.5) is 0 Å². The molecule has 0 fully saturated rings. The molecule has 102 valence electrons. The summed E-state index contributed by atoms with van der Waals surface area (Å²) in [5.41, 5.74) is -0.602. The molecule has 0 heterocycles. The highest BCUT2D eigenvalue weighted by atomic mass is 16.5. The molecule has 0 aromatic carbocycles. The Morgan fingerprint density at radius 2 is 2.06 bits per heavy atom. The van der Waals surface area contributed by atoms with E-state index < -0.39 is 5.54 Å². The molecule has 1 N–H and O–H groups in total. The molecule has 0 saturated heterocycles. The van der Waals surface area contributed by atoms with Crippen molar-refractivity contribution in [2.45, 2.75) is 58.6 Å². The number of hydrogen-bond acceptors (Lipinski definition) is 4. The third-order valence-electron chi connectivity index (χ3n) is 3.08. The summed E-state index contributed by atoms with van der Waals surface area (Å²) >= 11 is 0. The van der Waals surface area contributed by atoms with Crippen LogP contribution in [0.1, 0.15) is 47.0 Å². The molecule has 0 aliphatic carbocycles. The van der Waals surface area contributed by atoms with Crippen LogP contribution in [-0.4, -0.2) is 37.9 Å². The molecule has 0 aliphatic rings. The highest BCUT2D eigenvalue weighted by molar-refractivity contribution is 5.80. The van der Waals surface area contributed by atoms with Crippen molar-refractivity contribution in [3.8, 4) is 0 Å². The van der Waals surface area contributed by atoms with Crippen LogP contribution in [0.2, 0.25) is 0 Å². The minimum absolute atomic E-state index is 0.189. The van der Waals surface area contributed by atoms with Gasteiger partial charge in [0.25, 0.3) is 0 Å². The Kier molecular flexibility index (Phi) is 8.17. The zero-order valence-electron chi connectivity index (χ0n) is 11.8. The zero-order valence-corrected chi connectivity index (χ0v) is 11.8. The Balaban J connectivity index is 3.99. The number of hydrogen-bond donors (Lipinski definition) is 1. The van der Waals surface area contributed by atoms with E-state index in [9.17, 15) is 4.79 Å². The molecule has 2 atom stereocenters. The van der Waals surface area contributed by atoms with Crippen LogP contribution >= 0.6 is 0 Å². The molecule has 4 nitrogen and oxygen atoms in total. The summed E-state index contributed by atoms with van der Waals surface area (Å²) in [4.78, 5) is 11.8. The Morgan fingerprint density at radius 3 is 2.53 bits per heavy atom. The molecule has 0 aromatic rings. The lowest BCUT2D eigenvalue weighted by Gasteiger charge is -2.26. The second kappa shape index (κ2) is 8.48. The van der Waals surface area contributed by atoms with Gasteiger partial charge in [0.2, 0.25) is 0 Å². The molecule has 17 heavy (non-hydrogen) atoms.